The van der Waals surface area contributed by atoms with Gasteiger partial charge in [-0.25, -0.2) is 5.43 Å². The van der Waals surface area contributed by atoms with Gasteiger partial charge in [0, 0.05) is 0 Å². The standard InChI is InChI=1S/C10H12F2N2O/c1-2-9(14-13)7-4-3-5-8(6-7)15-10(11)12/h2-6,9-10,14H,1,13H2. The van der Waals surface area contributed by atoms with Crippen molar-refractivity contribution in [3.63, 3.8) is 0 Å². The molecule has 1 atom stereocenters. The van der Waals surface area contributed by atoms with E-state index in [9.17, 15) is 8.78 Å². The van der Waals surface area contributed by atoms with E-state index in [1.807, 2.05) is 0 Å². The predicted molar refractivity (Wildman–Crippen MR) is 53.3 cm³/mol. The Balaban J connectivity index is 2.86. The predicted octanol–water partition coefficient (Wildman–Crippen LogP) is 1.98. The molecule has 0 bridgehead atoms. The number of hydrogen-bond donors (Lipinski definition) is 2. The average Bonchev–Trinajstić information content (AvgIpc) is 2.19. The minimum Gasteiger partial charge on any atom is -0.435 e. The molecular formula is C10H12F2N2O. The molecular weight excluding hydrogens is 202 g/mol. The molecule has 5 heteroatoms. The second-order valence-electron chi connectivity index (χ2n) is 2.83. The number of hydrogen-bond acceptors (Lipinski definition) is 3. The summed E-state index contributed by atoms with van der Waals surface area (Å²) in [5, 5.41) is 0. The fraction of sp³-hybridized carbons (Fsp3) is 0.200. The fourth-order valence-electron chi connectivity index (χ4n) is 1.18. The molecule has 1 unspecified atom stereocenters. The number of nitrogens with two attached hydrogens (primary N) is 1. The van der Waals surface area contributed by atoms with Crippen LogP contribution in [0.2, 0.25) is 0 Å². The van der Waals surface area contributed by atoms with Crippen molar-refractivity contribution in [2.75, 3.05) is 0 Å². The van der Waals surface area contributed by atoms with Crippen molar-refractivity contribution in [1.82, 2.24) is 5.43 Å². The van der Waals surface area contributed by atoms with E-state index in [1.54, 1.807) is 18.2 Å². The number of nitrogens with one attached hydrogen (secondary N) is 1. The molecule has 0 radical (unpaired) electrons. The lowest BCUT2D eigenvalue weighted by atomic mass is 10.1. The summed E-state index contributed by atoms with van der Waals surface area (Å²) in [4.78, 5) is 0. The van der Waals surface area contributed by atoms with Crippen molar-refractivity contribution in [1.29, 1.82) is 0 Å². The molecule has 3 nitrogen and oxygen atoms in total. The van der Waals surface area contributed by atoms with Crippen molar-refractivity contribution in [2.45, 2.75) is 12.7 Å². The van der Waals surface area contributed by atoms with E-state index in [4.69, 9.17) is 5.84 Å². The van der Waals surface area contributed by atoms with Crippen LogP contribution in [0.15, 0.2) is 36.9 Å². The van der Waals surface area contributed by atoms with Crippen LogP contribution in [0.5, 0.6) is 5.75 Å². The molecule has 1 rings (SSSR count). The van der Waals surface area contributed by atoms with Gasteiger partial charge in [-0.1, -0.05) is 18.2 Å². The zero-order valence-corrected chi connectivity index (χ0v) is 7.99. The van der Waals surface area contributed by atoms with Crippen molar-refractivity contribution >= 4 is 0 Å². The molecule has 0 aliphatic heterocycles. The minimum absolute atomic E-state index is 0.101. The zero-order valence-electron chi connectivity index (χ0n) is 7.99. The molecule has 1 aromatic carbocycles. The number of benzene rings is 1. The molecule has 0 saturated heterocycles. The Hall–Kier alpha value is -1.46. The third-order valence-corrected chi connectivity index (χ3v) is 1.86. The van der Waals surface area contributed by atoms with Crippen LogP contribution in [0.25, 0.3) is 0 Å². The maximum atomic E-state index is 11.9. The topological polar surface area (TPSA) is 47.3 Å². The SMILES string of the molecule is C=CC(NN)c1cccc(OC(F)F)c1. The van der Waals surface area contributed by atoms with Crippen LogP contribution in [0, 0.1) is 0 Å². The molecule has 0 aliphatic rings. The van der Waals surface area contributed by atoms with Gasteiger partial charge in [0.25, 0.3) is 0 Å². The summed E-state index contributed by atoms with van der Waals surface area (Å²) in [5.41, 5.74) is 3.20. The molecule has 1 aromatic rings. The number of ether oxygens (including phenoxy) is 1. The molecule has 0 heterocycles. The lowest BCUT2D eigenvalue weighted by Crippen LogP contribution is -2.26. The van der Waals surface area contributed by atoms with Gasteiger partial charge in [-0.05, 0) is 17.7 Å². The van der Waals surface area contributed by atoms with Gasteiger partial charge in [0.1, 0.15) is 5.75 Å². The highest BCUT2D eigenvalue weighted by atomic mass is 19.3. The first kappa shape index (κ1) is 11.6. The van der Waals surface area contributed by atoms with Crippen molar-refractivity contribution < 1.29 is 13.5 Å². The van der Waals surface area contributed by atoms with Crippen LogP contribution in [0.1, 0.15) is 11.6 Å². The van der Waals surface area contributed by atoms with E-state index in [1.165, 1.54) is 12.1 Å². The van der Waals surface area contributed by atoms with E-state index in [-0.39, 0.29) is 11.8 Å². The molecule has 15 heavy (non-hydrogen) atoms. The molecule has 0 fully saturated rings. The summed E-state index contributed by atoms with van der Waals surface area (Å²) in [5.74, 6) is 5.36. The van der Waals surface area contributed by atoms with Gasteiger partial charge in [0.05, 0.1) is 6.04 Å². The Bertz CT molecular complexity index is 331. The molecule has 0 aromatic heterocycles. The van der Waals surface area contributed by atoms with E-state index >= 15 is 0 Å². The minimum atomic E-state index is -2.83. The van der Waals surface area contributed by atoms with E-state index in [2.05, 4.69) is 16.7 Å². The van der Waals surface area contributed by atoms with Gasteiger partial charge in [0.2, 0.25) is 0 Å². The Morgan fingerprint density at radius 2 is 2.20 bits per heavy atom. The molecule has 0 amide bonds. The Labute approximate surface area is 86.5 Å². The molecule has 0 aliphatic carbocycles. The highest BCUT2D eigenvalue weighted by molar-refractivity contribution is 5.32. The summed E-state index contributed by atoms with van der Waals surface area (Å²) in [7, 11) is 0. The smallest absolute Gasteiger partial charge is 0.387 e. The van der Waals surface area contributed by atoms with Crippen molar-refractivity contribution in [2.24, 2.45) is 5.84 Å². The summed E-state index contributed by atoms with van der Waals surface area (Å²) in [6, 6.07) is 6.00. The van der Waals surface area contributed by atoms with E-state index < -0.39 is 6.61 Å². The van der Waals surface area contributed by atoms with Gasteiger partial charge in [0.15, 0.2) is 0 Å². The largest absolute Gasteiger partial charge is 0.435 e. The van der Waals surface area contributed by atoms with Gasteiger partial charge >= 0.3 is 6.61 Å². The second-order valence-corrected chi connectivity index (χ2v) is 2.83. The van der Waals surface area contributed by atoms with Crippen molar-refractivity contribution in [3.8, 4) is 5.75 Å². The molecule has 0 saturated carbocycles. The Morgan fingerprint density at radius 3 is 2.73 bits per heavy atom. The average molecular weight is 214 g/mol. The van der Waals surface area contributed by atoms with Crippen LogP contribution in [-0.2, 0) is 0 Å². The van der Waals surface area contributed by atoms with Crippen LogP contribution >= 0.6 is 0 Å². The van der Waals surface area contributed by atoms with Crippen molar-refractivity contribution in [3.05, 3.63) is 42.5 Å². The first-order valence-corrected chi connectivity index (χ1v) is 4.31. The van der Waals surface area contributed by atoms with E-state index in [0.29, 0.717) is 5.56 Å². The Kier molecular flexibility index (Phi) is 4.20. The summed E-state index contributed by atoms with van der Waals surface area (Å²) in [6.07, 6.45) is 1.57. The maximum absolute atomic E-state index is 11.9. The molecule has 82 valence electrons. The third kappa shape index (κ3) is 3.30. The zero-order chi connectivity index (χ0) is 11.3. The molecule has 3 N–H and O–H groups in total. The summed E-state index contributed by atoms with van der Waals surface area (Å²) < 4.78 is 28.1. The lowest BCUT2D eigenvalue weighted by molar-refractivity contribution is -0.0498. The van der Waals surface area contributed by atoms with Crippen LogP contribution in [0.3, 0.4) is 0 Å². The first-order chi connectivity index (χ1) is 7.17. The highest BCUT2D eigenvalue weighted by Crippen LogP contribution is 2.20. The second kappa shape index (κ2) is 5.43. The summed E-state index contributed by atoms with van der Waals surface area (Å²) >= 11 is 0. The number of alkyl halides is 2. The Morgan fingerprint density at radius 1 is 1.47 bits per heavy atom. The van der Waals surface area contributed by atoms with Gasteiger partial charge in [-0.15, -0.1) is 6.58 Å². The molecule has 0 spiro atoms. The van der Waals surface area contributed by atoms with Crippen LogP contribution in [-0.4, -0.2) is 6.61 Å². The fourth-order valence-corrected chi connectivity index (χ4v) is 1.18. The van der Waals surface area contributed by atoms with Gasteiger partial charge < -0.3 is 4.74 Å². The maximum Gasteiger partial charge on any atom is 0.387 e. The number of hydrazine groups is 1. The van der Waals surface area contributed by atoms with E-state index in [0.717, 1.165) is 0 Å². The number of halogens is 2. The monoisotopic (exact) mass is 214 g/mol. The normalized spacial score (nSPS) is 12.5. The highest BCUT2D eigenvalue weighted by Gasteiger charge is 2.08. The lowest BCUT2D eigenvalue weighted by Gasteiger charge is -2.12. The first-order valence-electron chi connectivity index (χ1n) is 4.31. The third-order valence-electron chi connectivity index (χ3n) is 1.86. The number of rotatable bonds is 5. The van der Waals surface area contributed by atoms with Crippen LogP contribution < -0.4 is 16.0 Å². The summed E-state index contributed by atoms with van der Waals surface area (Å²) in [6.45, 7) is 0.742. The van der Waals surface area contributed by atoms with Gasteiger partial charge in [-0.3, -0.25) is 5.84 Å². The quantitative estimate of drug-likeness (QED) is 0.447. The van der Waals surface area contributed by atoms with Crippen LogP contribution in [0.4, 0.5) is 8.78 Å². The van der Waals surface area contributed by atoms with Gasteiger partial charge in [-0.2, -0.15) is 8.78 Å².